The fourth-order valence-electron chi connectivity index (χ4n) is 4.02. The third-order valence-corrected chi connectivity index (χ3v) is 6.72. The molecule has 0 spiro atoms. The van der Waals surface area contributed by atoms with Gasteiger partial charge in [0.25, 0.3) is 0 Å². The molecule has 1 aliphatic carbocycles. The van der Waals surface area contributed by atoms with E-state index in [9.17, 15) is 31.5 Å². The zero-order valence-corrected chi connectivity index (χ0v) is 17.9. The third kappa shape index (κ3) is 3.06. The second-order valence-corrected chi connectivity index (χ2v) is 8.77. The second kappa shape index (κ2) is 7.41. The fourth-order valence-corrected chi connectivity index (χ4v) is 5.01. The van der Waals surface area contributed by atoms with Crippen LogP contribution in [-0.2, 0) is 0 Å². The molecular weight excluding hydrogens is 489 g/mol. The number of nitrogens with zero attached hydrogens (tertiary/aromatic N) is 1. The minimum absolute atomic E-state index is 0.0121. The Labute approximate surface area is 195 Å². The van der Waals surface area contributed by atoms with E-state index >= 15 is 0 Å². The molecule has 0 N–H and O–H groups in total. The Balaban J connectivity index is 1.40. The number of thiophene rings is 1. The van der Waals surface area contributed by atoms with Gasteiger partial charge in [0.15, 0.2) is 45.2 Å². The first-order chi connectivity index (χ1) is 16.7. The Morgan fingerprint density at radius 3 is 1.86 bits per heavy atom. The van der Waals surface area contributed by atoms with Gasteiger partial charge in [0.1, 0.15) is 0 Å². The van der Waals surface area contributed by atoms with Gasteiger partial charge in [-0.3, -0.25) is 9.59 Å². The van der Waals surface area contributed by atoms with Gasteiger partial charge in [0, 0.05) is 28.1 Å². The molecule has 0 fully saturated rings. The second-order valence-electron chi connectivity index (χ2n) is 7.74. The number of Topliss-reactive ketones (excluding diaryl/α,β-unsaturated/α-hetero) is 2. The average Bonchev–Trinajstić information content (AvgIpc) is 3.48. The minimum Gasteiger partial charge on any atom is -0.436 e. The van der Waals surface area contributed by atoms with Crippen molar-refractivity contribution in [2.24, 2.45) is 0 Å². The zero-order valence-electron chi connectivity index (χ0n) is 17.1. The number of ketones is 2. The van der Waals surface area contributed by atoms with Crippen molar-refractivity contribution >= 4 is 50.2 Å². The first-order valence-corrected chi connectivity index (χ1v) is 10.8. The Morgan fingerprint density at radius 2 is 1.31 bits per heavy atom. The van der Waals surface area contributed by atoms with Gasteiger partial charge in [-0.05, 0) is 22.9 Å². The van der Waals surface area contributed by atoms with Crippen molar-refractivity contribution in [1.29, 1.82) is 0 Å². The highest BCUT2D eigenvalue weighted by Crippen LogP contribution is 2.39. The zero-order chi connectivity index (χ0) is 24.6. The van der Waals surface area contributed by atoms with Crippen molar-refractivity contribution in [3.05, 3.63) is 94.1 Å². The topological polar surface area (TPSA) is 60.2 Å². The molecular formula is C25H8F5NO3S. The predicted molar refractivity (Wildman–Crippen MR) is 118 cm³/mol. The van der Waals surface area contributed by atoms with Crippen molar-refractivity contribution in [1.82, 2.24) is 4.98 Å². The molecule has 0 bridgehead atoms. The van der Waals surface area contributed by atoms with Crippen LogP contribution in [0.5, 0.6) is 0 Å². The average molecular weight is 497 g/mol. The summed E-state index contributed by atoms with van der Waals surface area (Å²) >= 11 is 0.631. The summed E-state index contributed by atoms with van der Waals surface area (Å²) in [5, 5.41) is 1.59. The molecule has 0 aliphatic heterocycles. The summed E-state index contributed by atoms with van der Waals surface area (Å²) in [5.41, 5.74) is -0.766. The summed E-state index contributed by atoms with van der Waals surface area (Å²) in [6, 6.07) is 11.6. The van der Waals surface area contributed by atoms with Crippen LogP contribution >= 0.6 is 11.3 Å². The van der Waals surface area contributed by atoms with Crippen LogP contribution in [0.2, 0.25) is 0 Å². The number of hydrogen-bond acceptors (Lipinski definition) is 5. The highest BCUT2D eigenvalue weighted by atomic mass is 32.1. The number of oxazole rings is 1. The molecule has 0 amide bonds. The number of fused-ring (bicyclic) bond motifs is 3. The number of aromatic nitrogens is 1. The maximum atomic E-state index is 14.1. The van der Waals surface area contributed by atoms with E-state index in [4.69, 9.17) is 4.42 Å². The van der Waals surface area contributed by atoms with Crippen LogP contribution < -0.4 is 0 Å². The summed E-state index contributed by atoms with van der Waals surface area (Å²) in [4.78, 5) is 29.6. The Kier molecular flexibility index (Phi) is 4.52. The summed E-state index contributed by atoms with van der Waals surface area (Å²) in [6.07, 6.45) is 1.17. The molecule has 0 radical (unpaired) electrons. The fraction of sp³-hybridized carbons (Fsp3) is 0. The summed E-state index contributed by atoms with van der Waals surface area (Å²) < 4.78 is 74.2. The standard InChI is InChI=1S/C25H8F5NO3S/c26-18-17(19(27)21(29)22(30)20(18)28)15-8-14-25(35-15)31-16(34-14)7-13-23(32)11-5-9-3-1-2-4-10(9)6-12(11)24(13)33/h1-8H. The maximum Gasteiger partial charge on any atom is 0.221 e. The number of hydrogen-bond donors (Lipinski definition) is 0. The first-order valence-electron chi connectivity index (χ1n) is 10.0. The Morgan fingerprint density at radius 1 is 0.771 bits per heavy atom. The van der Waals surface area contributed by atoms with Gasteiger partial charge in [0.2, 0.25) is 11.7 Å². The number of carbonyl (C=O) groups is 2. The molecule has 0 saturated carbocycles. The SMILES string of the molecule is O=C1C(=Cc2nc3sc(-c4c(F)c(F)c(F)c(F)c4F)cc3o2)C(=O)c2cc3ccccc3cc21. The Hall–Kier alpha value is -4.18. The van der Waals surface area contributed by atoms with E-state index in [-0.39, 0.29) is 37.9 Å². The molecule has 35 heavy (non-hydrogen) atoms. The van der Waals surface area contributed by atoms with E-state index in [1.165, 1.54) is 6.08 Å². The number of rotatable bonds is 2. The molecule has 1 aliphatic rings. The normalized spacial score (nSPS) is 13.3. The van der Waals surface area contributed by atoms with Gasteiger partial charge in [0.05, 0.1) is 11.1 Å². The van der Waals surface area contributed by atoms with E-state index in [1.807, 2.05) is 24.3 Å². The van der Waals surface area contributed by atoms with Gasteiger partial charge < -0.3 is 4.42 Å². The molecule has 172 valence electrons. The number of carbonyl (C=O) groups excluding carboxylic acids is 2. The Bertz CT molecular complexity index is 1680. The number of halogens is 5. The highest BCUT2D eigenvalue weighted by Gasteiger charge is 2.34. The van der Waals surface area contributed by atoms with Crippen molar-refractivity contribution in [3.8, 4) is 10.4 Å². The molecule has 5 aromatic rings. The van der Waals surface area contributed by atoms with E-state index < -0.39 is 46.2 Å². The molecule has 10 heteroatoms. The van der Waals surface area contributed by atoms with Crippen molar-refractivity contribution < 1.29 is 36.0 Å². The van der Waals surface area contributed by atoms with Gasteiger partial charge in [-0.2, -0.15) is 4.98 Å². The molecule has 2 heterocycles. The van der Waals surface area contributed by atoms with Crippen molar-refractivity contribution in [3.63, 3.8) is 0 Å². The molecule has 0 unspecified atom stereocenters. The van der Waals surface area contributed by atoms with E-state index in [1.54, 1.807) is 12.1 Å². The van der Waals surface area contributed by atoms with Crippen LogP contribution in [0.25, 0.3) is 37.7 Å². The van der Waals surface area contributed by atoms with Crippen molar-refractivity contribution in [2.75, 3.05) is 0 Å². The molecule has 6 rings (SSSR count). The van der Waals surface area contributed by atoms with Crippen LogP contribution in [0.1, 0.15) is 26.6 Å². The summed E-state index contributed by atoms with van der Waals surface area (Å²) in [7, 11) is 0. The molecule has 0 atom stereocenters. The minimum atomic E-state index is -2.25. The lowest BCUT2D eigenvalue weighted by Crippen LogP contribution is -2.03. The molecule has 3 aromatic carbocycles. The van der Waals surface area contributed by atoms with Gasteiger partial charge in [-0.1, -0.05) is 24.3 Å². The van der Waals surface area contributed by atoms with Crippen LogP contribution in [-0.4, -0.2) is 16.6 Å². The smallest absolute Gasteiger partial charge is 0.221 e. The van der Waals surface area contributed by atoms with E-state index in [2.05, 4.69) is 4.98 Å². The van der Waals surface area contributed by atoms with Crippen LogP contribution in [0, 0.1) is 29.1 Å². The number of allylic oxidation sites excluding steroid dienone is 1. The largest absolute Gasteiger partial charge is 0.436 e. The van der Waals surface area contributed by atoms with Crippen LogP contribution in [0.15, 0.2) is 52.5 Å². The monoisotopic (exact) mass is 497 g/mol. The lowest BCUT2D eigenvalue weighted by Gasteiger charge is -2.05. The first kappa shape index (κ1) is 21.4. The van der Waals surface area contributed by atoms with E-state index in [0.29, 0.717) is 11.3 Å². The predicted octanol–water partition coefficient (Wildman–Crippen LogP) is 6.87. The molecule has 4 nitrogen and oxygen atoms in total. The summed E-state index contributed by atoms with van der Waals surface area (Å²) in [5.74, 6) is -11.4. The highest BCUT2D eigenvalue weighted by molar-refractivity contribution is 7.21. The lowest BCUT2D eigenvalue weighted by atomic mass is 10.0. The lowest BCUT2D eigenvalue weighted by molar-refractivity contribution is 0.0990. The molecule has 2 aromatic heterocycles. The van der Waals surface area contributed by atoms with Crippen LogP contribution in [0.3, 0.4) is 0 Å². The van der Waals surface area contributed by atoms with Gasteiger partial charge in [-0.25, -0.2) is 22.0 Å². The third-order valence-electron chi connectivity index (χ3n) is 5.69. The summed E-state index contributed by atoms with van der Waals surface area (Å²) in [6.45, 7) is 0. The quantitative estimate of drug-likeness (QED) is 0.0878. The maximum absolute atomic E-state index is 14.1. The van der Waals surface area contributed by atoms with Crippen LogP contribution in [0.4, 0.5) is 22.0 Å². The van der Waals surface area contributed by atoms with Crippen molar-refractivity contribution in [2.45, 2.75) is 0 Å². The van der Waals surface area contributed by atoms with E-state index in [0.717, 1.165) is 16.8 Å². The molecule has 0 saturated heterocycles. The van der Waals surface area contributed by atoms with Gasteiger partial charge in [-0.15, -0.1) is 11.3 Å². The van der Waals surface area contributed by atoms with Gasteiger partial charge >= 0.3 is 0 Å². The number of benzene rings is 3.